The van der Waals surface area contributed by atoms with Gasteiger partial charge in [-0.2, -0.15) is 0 Å². The Kier molecular flexibility index (Phi) is 3.89. The number of hydrogen-bond donors (Lipinski definition) is 1. The maximum atomic E-state index is 8.97. The SMILES string of the molecule is CCCCn1nnc(CO)c1CC. The van der Waals surface area contributed by atoms with E-state index >= 15 is 0 Å². The van der Waals surface area contributed by atoms with Gasteiger partial charge < -0.3 is 5.11 Å². The largest absolute Gasteiger partial charge is 0.390 e. The van der Waals surface area contributed by atoms with Crippen molar-refractivity contribution in [2.75, 3.05) is 0 Å². The maximum Gasteiger partial charge on any atom is 0.111 e. The number of aromatic nitrogens is 3. The van der Waals surface area contributed by atoms with Crippen LogP contribution in [-0.2, 0) is 19.6 Å². The van der Waals surface area contributed by atoms with Crippen molar-refractivity contribution >= 4 is 0 Å². The highest BCUT2D eigenvalue weighted by molar-refractivity contribution is 5.08. The molecule has 4 nitrogen and oxygen atoms in total. The Labute approximate surface area is 78.6 Å². The fourth-order valence-corrected chi connectivity index (χ4v) is 1.37. The van der Waals surface area contributed by atoms with Gasteiger partial charge in [0.15, 0.2) is 0 Å². The average Bonchev–Trinajstić information content (AvgIpc) is 2.56. The summed E-state index contributed by atoms with van der Waals surface area (Å²) in [4.78, 5) is 0. The Morgan fingerprint density at radius 1 is 1.38 bits per heavy atom. The van der Waals surface area contributed by atoms with Crippen molar-refractivity contribution in [3.63, 3.8) is 0 Å². The Morgan fingerprint density at radius 2 is 2.15 bits per heavy atom. The third-order valence-corrected chi connectivity index (χ3v) is 2.13. The Hall–Kier alpha value is -0.900. The lowest BCUT2D eigenvalue weighted by Crippen LogP contribution is -2.05. The van der Waals surface area contributed by atoms with E-state index in [1.54, 1.807) is 0 Å². The number of rotatable bonds is 5. The van der Waals surface area contributed by atoms with Crippen LogP contribution < -0.4 is 0 Å². The third-order valence-electron chi connectivity index (χ3n) is 2.13. The molecule has 4 heteroatoms. The summed E-state index contributed by atoms with van der Waals surface area (Å²) in [6, 6.07) is 0. The first kappa shape index (κ1) is 10.2. The van der Waals surface area contributed by atoms with Crippen molar-refractivity contribution in [3.8, 4) is 0 Å². The molecule has 0 aromatic carbocycles. The van der Waals surface area contributed by atoms with Gasteiger partial charge in [-0.15, -0.1) is 5.10 Å². The topological polar surface area (TPSA) is 50.9 Å². The molecule has 1 rings (SSSR count). The van der Waals surface area contributed by atoms with Crippen molar-refractivity contribution in [3.05, 3.63) is 11.4 Å². The van der Waals surface area contributed by atoms with Crippen LogP contribution in [0.5, 0.6) is 0 Å². The van der Waals surface area contributed by atoms with Crippen LogP contribution in [0.4, 0.5) is 0 Å². The molecule has 1 aromatic heterocycles. The second-order valence-electron chi connectivity index (χ2n) is 3.07. The van der Waals surface area contributed by atoms with E-state index in [0.29, 0.717) is 0 Å². The first-order valence-electron chi connectivity index (χ1n) is 4.85. The van der Waals surface area contributed by atoms with Crippen LogP contribution in [0, 0.1) is 0 Å². The lowest BCUT2D eigenvalue weighted by atomic mass is 10.2. The molecule has 0 amide bonds. The number of aliphatic hydroxyl groups excluding tert-OH is 1. The van der Waals surface area contributed by atoms with E-state index in [4.69, 9.17) is 5.11 Å². The molecule has 0 radical (unpaired) electrons. The van der Waals surface area contributed by atoms with Gasteiger partial charge >= 0.3 is 0 Å². The average molecular weight is 183 g/mol. The molecular weight excluding hydrogens is 166 g/mol. The van der Waals surface area contributed by atoms with E-state index in [1.807, 2.05) is 4.68 Å². The van der Waals surface area contributed by atoms with Gasteiger partial charge in [-0.25, -0.2) is 4.68 Å². The van der Waals surface area contributed by atoms with E-state index in [-0.39, 0.29) is 6.61 Å². The minimum Gasteiger partial charge on any atom is -0.390 e. The molecule has 0 aliphatic heterocycles. The molecule has 0 unspecified atom stereocenters. The summed E-state index contributed by atoms with van der Waals surface area (Å²) in [6.07, 6.45) is 3.14. The predicted molar refractivity (Wildman–Crippen MR) is 50.2 cm³/mol. The summed E-state index contributed by atoms with van der Waals surface area (Å²) in [5, 5.41) is 16.9. The first-order chi connectivity index (χ1) is 6.33. The molecule has 0 saturated carbocycles. The minimum absolute atomic E-state index is 0.00466. The first-order valence-corrected chi connectivity index (χ1v) is 4.85. The number of aryl methyl sites for hydroxylation is 1. The van der Waals surface area contributed by atoms with Gasteiger partial charge in [-0.3, -0.25) is 0 Å². The maximum absolute atomic E-state index is 8.97. The van der Waals surface area contributed by atoms with E-state index in [9.17, 15) is 0 Å². The van der Waals surface area contributed by atoms with Crippen LogP contribution in [-0.4, -0.2) is 20.1 Å². The fraction of sp³-hybridized carbons (Fsp3) is 0.778. The van der Waals surface area contributed by atoms with E-state index in [2.05, 4.69) is 24.2 Å². The molecule has 0 bridgehead atoms. The lowest BCUT2D eigenvalue weighted by molar-refractivity contribution is 0.275. The number of aliphatic hydroxyl groups is 1. The second-order valence-corrected chi connectivity index (χ2v) is 3.07. The van der Waals surface area contributed by atoms with Crippen LogP contribution in [0.3, 0.4) is 0 Å². The molecule has 0 spiro atoms. The van der Waals surface area contributed by atoms with E-state index < -0.39 is 0 Å². The van der Waals surface area contributed by atoms with Crippen LogP contribution in [0.15, 0.2) is 0 Å². The second kappa shape index (κ2) is 4.97. The van der Waals surface area contributed by atoms with Gasteiger partial charge in [-0.05, 0) is 12.8 Å². The number of nitrogens with zero attached hydrogens (tertiary/aromatic N) is 3. The minimum atomic E-state index is -0.00466. The molecule has 0 aliphatic carbocycles. The van der Waals surface area contributed by atoms with Crippen LogP contribution in [0.1, 0.15) is 38.1 Å². The van der Waals surface area contributed by atoms with Gasteiger partial charge in [-0.1, -0.05) is 25.5 Å². The zero-order valence-electron chi connectivity index (χ0n) is 8.32. The third kappa shape index (κ3) is 2.28. The van der Waals surface area contributed by atoms with Gasteiger partial charge in [0, 0.05) is 6.54 Å². The number of hydrogen-bond acceptors (Lipinski definition) is 3. The van der Waals surface area contributed by atoms with Gasteiger partial charge in [0.1, 0.15) is 5.69 Å². The molecular formula is C9H17N3O. The van der Waals surface area contributed by atoms with Crippen molar-refractivity contribution < 1.29 is 5.11 Å². The van der Waals surface area contributed by atoms with Crippen LogP contribution in [0.25, 0.3) is 0 Å². The van der Waals surface area contributed by atoms with E-state index in [1.165, 1.54) is 0 Å². The van der Waals surface area contributed by atoms with Crippen LogP contribution in [0.2, 0.25) is 0 Å². The fourth-order valence-electron chi connectivity index (χ4n) is 1.37. The van der Waals surface area contributed by atoms with Gasteiger partial charge in [0.25, 0.3) is 0 Å². The standard InChI is InChI=1S/C9H17N3O/c1-3-5-6-12-9(4-2)8(7-13)10-11-12/h13H,3-7H2,1-2H3. The highest BCUT2D eigenvalue weighted by Gasteiger charge is 2.08. The smallest absolute Gasteiger partial charge is 0.111 e. The molecule has 0 saturated heterocycles. The molecule has 1 aromatic rings. The molecule has 13 heavy (non-hydrogen) atoms. The predicted octanol–water partition coefficient (Wildman–Crippen LogP) is 1.13. The summed E-state index contributed by atoms with van der Waals surface area (Å²) in [5.41, 5.74) is 1.79. The molecule has 1 N–H and O–H groups in total. The van der Waals surface area contributed by atoms with Crippen LogP contribution >= 0.6 is 0 Å². The van der Waals surface area contributed by atoms with Crippen molar-refractivity contribution in [1.82, 2.24) is 15.0 Å². The number of unbranched alkanes of at least 4 members (excludes halogenated alkanes) is 1. The normalized spacial score (nSPS) is 10.7. The van der Waals surface area contributed by atoms with E-state index in [0.717, 1.165) is 37.2 Å². The van der Waals surface area contributed by atoms with Crippen molar-refractivity contribution in [2.45, 2.75) is 46.3 Å². The molecule has 0 atom stereocenters. The Bertz CT molecular complexity index is 257. The van der Waals surface area contributed by atoms with Crippen molar-refractivity contribution in [1.29, 1.82) is 0 Å². The monoisotopic (exact) mass is 183 g/mol. The Morgan fingerprint density at radius 3 is 2.69 bits per heavy atom. The highest BCUT2D eigenvalue weighted by atomic mass is 16.3. The zero-order chi connectivity index (χ0) is 9.68. The molecule has 1 heterocycles. The van der Waals surface area contributed by atoms with Gasteiger partial charge in [0.2, 0.25) is 0 Å². The summed E-state index contributed by atoms with van der Waals surface area (Å²) in [6.45, 7) is 5.11. The summed E-state index contributed by atoms with van der Waals surface area (Å²) >= 11 is 0. The summed E-state index contributed by atoms with van der Waals surface area (Å²) < 4.78 is 1.90. The zero-order valence-corrected chi connectivity index (χ0v) is 8.32. The summed E-state index contributed by atoms with van der Waals surface area (Å²) in [5.74, 6) is 0. The molecule has 0 fully saturated rings. The quantitative estimate of drug-likeness (QED) is 0.744. The highest BCUT2D eigenvalue weighted by Crippen LogP contribution is 2.07. The molecule has 0 aliphatic rings. The summed E-state index contributed by atoms with van der Waals surface area (Å²) in [7, 11) is 0. The van der Waals surface area contributed by atoms with Crippen molar-refractivity contribution in [2.24, 2.45) is 0 Å². The Balaban J connectivity index is 2.75. The lowest BCUT2D eigenvalue weighted by Gasteiger charge is -2.03. The van der Waals surface area contributed by atoms with Gasteiger partial charge in [0.05, 0.1) is 12.3 Å². The molecule has 74 valence electrons.